The van der Waals surface area contributed by atoms with Gasteiger partial charge in [0.1, 0.15) is 11.6 Å². The Morgan fingerprint density at radius 2 is 2.05 bits per heavy atom. The Morgan fingerprint density at radius 1 is 1.40 bits per heavy atom. The van der Waals surface area contributed by atoms with Crippen molar-refractivity contribution in [2.45, 2.75) is 24.5 Å². The minimum atomic E-state index is -0.797. The summed E-state index contributed by atoms with van der Waals surface area (Å²) < 4.78 is 39.4. The molecule has 0 bridgehead atoms. The molecule has 0 radical (unpaired) electrons. The molecular weight excluding hydrogens is 334 g/mol. The molecule has 20 heavy (non-hydrogen) atoms. The summed E-state index contributed by atoms with van der Waals surface area (Å²) in [6.45, 7) is 0.923. The SMILES string of the molecule is COC1(C(NN)c2c(F)ccc(Br)c2F)CCOCC1. The Kier molecular flexibility index (Phi) is 5.09. The number of hydrazine groups is 1. The lowest BCUT2D eigenvalue weighted by atomic mass is 9.82. The smallest absolute Gasteiger partial charge is 0.145 e. The van der Waals surface area contributed by atoms with E-state index in [-0.39, 0.29) is 10.0 Å². The molecule has 1 saturated heterocycles. The largest absolute Gasteiger partial charge is 0.381 e. The quantitative estimate of drug-likeness (QED) is 0.497. The molecule has 0 spiro atoms. The fourth-order valence-electron chi connectivity index (χ4n) is 2.63. The third-order valence-corrected chi connectivity index (χ3v) is 4.42. The van der Waals surface area contributed by atoms with E-state index in [9.17, 15) is 8.78 Å². The topological polar surface area (TPSA) is 56.5 Å². The maximum atomic E-state index is 14.3. The lowest BCUT2D eigenvalue weighted by Crippen LogP contribution is -2.51. The number of ether oxygens (including phenoxy) is 2. The van der Waals surface area contributed by atoms with Crippen LogP contribution in [-0.2, 0) is 9.47 Å². The second kappa shape index (κ2) is 6.44. The van der Waals surface area contributed by atoms with Gasteiger partial charge in [-0.25, -0.2) is 14.2 Å². The second-order valence-corrected chi connectivity index (χ2v) is 5.59. The van der Waals surface area contributed by atoms with Crippen molar-refractivity contribution >= 4 is 15.9 Å². The van der Waals surface area contributed by atoms with Gasteiger partial charge in [0.15, 0.2) is 0 Å². The first-order valence-electron chi connectivity index (χ1n) is 6.28. The monoisotopic (exact) mass is 350 g/mol. The maximum absolute atomic E-state index is 14.3. The maximum Gasteiger partial charge on any atom is 0.145 e. The molecule has 0 saturated carbocycles. The third kappa shape index (κ3) is 2.73. The summed E-state index contributed by atoms with van der Waals surface area (Å²) in [5.41, 5.74) is 1.59. The van der Waals surface area contributed by atoms with Gasteiger partial charge in [-0.15, -0.1) is 0 Å². The van der Waals surface area contributed by atoms with Crippen molar-refractivity contribution < 1.29 is 18.3 Å². The minimum Gasteiger partial charge on any atom is -0.381 e. The molecule has 1 atom stereocenters. The molecule has 7 heteroatoms. The van der Waals surface area contributed by atoms with Crippen LogP contribution in [0.15, 0.2) is 16.6 Å². The number of nitrogens with one attached hydrogen (secondary N) is 1. The lowest BCUT2D eigenvalue weighted by molar-refractivity contribution is -0.112. The second-order valence-electron chi connectivity index (χ2n) is 4.74. The van der Waals surface area contributed by atoms with Gasteiger partial charge in [-0.2, -0.15) is 0 Å². The molecular formula is C13H17BrF2N2O2. The Balaban J connectivity index is 2.49. The highest BCUT2D eigenvalue weighted by Crippen LogP contribution is 2.40. The molecule has 1 fully saturated rings. The van der Waals surface area contributed by atoms with Crippen LogP contribution in [0.25, 0.3) is 0 Å². The van der Waals surface area contributed by atoms with E-state index in [1.165, 1.54) is 19.2 Å². The van der Waals surface area contributed by atoms with Gasteiger partial charge in [0.05, 0.1) is 16.1 Å². The molecule has 1 aliphatic heterocycles. The highest BCUT2D eigenvalue weighted by atomic mass is 79.9. The van der Waals surface area contributed by atoms with Gasteiger partial charge in [-0.3, -0.25) is 5.84 Å². The molecule has 1 unspecified atom stereocenters. The summed E-state index contributed by atoms with van der Waals surface area (Å²) in [6, 6.07) is 1.73. The molecule has 112 valence electrons. The number of rotatable bonds is 4. The zero-order valence-corrected chi connectivity index (χ0v) is 12.7. The summed E-state index contributed by atoms with van der Waals surface area (Å²) in [4.78, 5) is 0. The molecule has 3 N–H and O–H groups in total. The average molecular weight is 351 g/mol. The van der Waals surface area contributed by atoms with Crippen LogP contribution in [0, 0.1) is 11.6 Å². The zero-order valence-electron chi connectivity index (χ0n) is 11.1. The summed E-state index contributed by atoms with van der Waals surface area (Å²) in [5, 5.41) is 0. The Bertz CT molecular complexity index is 482. The molecule has 1 aromatic rings. The van der Waals surface area contributed by atoms with E-state index in [0.717, 1.165) is 0 Å². The van der Waals surface area contributed by atoms with E-state index in [2.05, 4.69) is 21.4 Å². The number of benzene rings is 1. The number of hydrogen-bond donors (Lipinski definition) is 2. The van der Waals surface area contributed by atoms with E-state index in [1.54, 1.807) is 0 Å². The molecule has 2 rings (SSSR count). The summed E-state index contributed by atoms with van der Waals surface area (Å²) in [6.07, 6.45) is 1.01. The van der Waals surface area contributed by atoms with E-state index >= 15 is 0 Å². The van der Waals surface area contributed by atoms with Gasteiger partial charge in [-0.1, -0.05) is 0 Å². The van der Waals surface area contributed by atoms with Crippen LogP contribution in [0.1, 0.15) is 24.4 Å². The van der Waals surface area contributed by atoms with Crippen molar-refractivity contribution in [2.24, 2.45) is 5.84 Å². The van der Waals surface area contributed by atoms with Crippen molar-refractivity contribution in [2.75, 3.05) is 20.3 Å². The van der Waals surface area contributed by atoms with Crippen LogP contribution < -0.4 is 11.3 Å². The third-order valence-electron chi connectivity index (χ3n) is 3.81. The van der Waals surface area contributed by atoms with E-state index in [1.807, 2.05) is 0 Å². The van der Waals surface area contributed by atoms with Crippen LogP contribution in [0.5, 0.6) is 0 Å². The van der Waals surface area contributed by atoms with Gasteiger partial charge in [0.25, 0.3) is 0 Å². The predicted molar refractivity (Wildman–Crippen MR) is 73.9 cm³/mol. The van der Waals surface area contributed by atoms with Gasteiger partial charge < -0.3 is 9.47 Å². The van der Waals surface area contributed by atoms with E-state index in [4.69, 9.17) is 15.3 Å². The van der Waals surface area contributed by atoms with Crippen LogP contribution in [0.2, 0.25) is 0 Å². The van der Waals surface area contributed by atoms with Crippen molar-refractivity contribution in [1.29, 1.82) is 0 Å². The van der Waals surface area contributed by atoms with Crippen molar-refractivity contribution in [3.8, 4) is 0 Å². The first-order chi connectivity index (χ1) is 9.55. The Hall–Kier alpha value is -0.600. The van der Waals surface area contributed by atoms with Crippen LogP contribution in [-0.4, -0.2) is 25.9 Å². The molecule has 1 heterocycles. The zero-order chi connectivity index (χ0) is 14.8. The Labute approximate surface area is 124 Å². The summed E-state index contributed by atoms with van der Waals surface area (Å²) in [7, 11) is 1.52. The van der Waals surface area contributed by atoms with Crippen LogP contribution >= 0.6 is 15.9 Å². The highest BCUT2D eigenvalue weighted by Gasteiger charge is 2.43. The molecule has 0 aliphatic carbocycles. The molecule has 0 amide bonds. The van der Waals surface area contributed by atoms with Crippen LogP contribution in [0.3, 0.4) is 0 Å². The molecule has 1 aromatic carbocycles. The number of nitrogens with two attached hydrogens (primary N) is 1. The van der Waals surface area contributed by atoms with E-state index < -0.39 is 23.3 Å². The highest BCUT2D eigenvalue weighted by molar-refractivity contribution is 9.10. The molecule has 4 nitrogen and oxygen atoms in total. The minimum absolute atomic E-state index is 0.120. The first kappa shape index (κ1) is 15.8. The van der Waals surface area contributed by atoms with Crippen molar-refractivity contribution in [3.05, 3.63) is 33.8 Å². The Morgan fingerprint density at radius 3 is 2.60 bits per heavy atom. The van der Waals surface area contributed by atoms with Crippen molar-refractivity contribution in [3.63, 3.8) is 0 Å². The number of methoxy groups -OCH3 is 1. The summed E-state index contributed by atoms with van der Waals surface area (Å²) in [5.74, 6) is 4.24. The van der Waals surface area contributed by atoms with Crippen molar-refractivity contribution in [1.82, 2.24) is 5.43 Å². The lowest BCUT2D eigenvalue weighted by Gasteiger charge is -2.42. The molecule has 0 aromatic heterocycles. The predicted octanol–water partition coefficient (Wildman–Crippen LogP) is 2.43. The van der Waals surface area contributed by atoms with Crippen LogP contribution in [0.4, 0.5) is 8.78 Å². The van der Waals surface area contributed by atoms with Gasteiger partial charge in [0.2, 0.25) is 0 Å². The fraction of sp³-hybridized carbons (Fsp3) is 0.538. The van der Waals surface area contributed by atoms with E-state index in [0.29, 0.717) is 26.1 Å². The average Bonchev–Trinajstić information content (AvgIpc) is 2.48. The van der Waals surface area contributed by atoms with Gasteiger partial charge in [-0.05, 0) is 28.1 Å². The molecule has 1 aliphatic rings. The summed E-state index contributed by atoms with van der Waals surface area (Å²) >= 11 is 3.07. The van der Waals surface area contributed by atoms with Gasteiger partial charge in [0, 0.05) is 38.7 Å². The number of hydrogen-bond acceptors (Lipinski definition) is 4. The first-order valence-corrected chi connectivity index (χ1v) is 7.07. The normalized spacial score (nSPS) is 19.9. The van der Waals surface area contributed by atoms with Gasteiger partial charge >= 0.3 is 0 Å². The standard InChI is InChI=1S/C13H17BrF2N2O2/c1-19-13(4-6-20-7-5-13)12(18-17)10-9(15)3-2-8(14)11(10)16/h2-3,12,18H,4-7,17H2,1H3. The fourth-order valence-corrected chi connectivity index (χ4v) is 2.98. The number of halogens is 3.